The number of aliphatic hydroxyl groups is 1. The Balaban J connectivity index is 4.06. The first kappa shape index (κ1) is 12.2. The molecule has 0 aliphatic carbocycles. The third kappa shape index (κ3) is 4.68. The van der Waals surface area contributed by atoms with Gasteiger partial charge < -0.3 is 9.84 Å². The smallest absolute Gasteiger partial charge is 0.330 e. The molecule has 0 radical (unpaired) electrons. The van der Waals surface area contributed by atoms with E-state index in [1.54, 1.807) is 6.08 Å². The van der Waals surface area contributed by atoms with Crippen LogP contribution in [0.2, 0.25) is 0 Å². The van der Waals surface area contributed by atoms with E-state index in [0.29, 0.717) is 0 Å². The second-order valence-electron chi connectivity index (χ2n) is 3.48. The van der Waals surface area contributed by atoms with Crippen molar-refractivity contribution in [3.8, 4) is 0 Å². The maximum Gasteiger partial charge on any atom is 0.330 e. The highest BCUT2D eigenvalue weighted by Crippen LogP contribution is 2.13. The van der Waals surface area contributed by atoms with Crippen LogP contribution in [0.1, 0.15) is 20.8 Å². The number of rotatable bonds is 4. The van der Waals surface area contributed by atoms with E-state index in [2.05, 4.69) is 4.74 Å². The SMILES string of the molecule is COC(=O)/C=C/[C@H](C)[C@H](O)C(C)C. The van der Waals surface area contributed by atoms with Crippen molar-refractivity contribution >= 4 is 5.97 Å². The molecule has 3 nitrogen and oxygen atoms in total. The Kier molecular flexibility index (Phi) is 5.39. The number of methoxy groups -OCH3 is 1. The van der Waals surface area contributed by atoms with Crippen LogP contribution in [0.15, 0.2) is 12.2 Å². The van der Waals surface area contributed by atoms with E-state index in [-0.39, 0.29) is 17.8 Å². The number of aliphatic hydroxyl groups excluding tert-OH is 1. The molecule has 76 valence electrons. The van der Waals surface area contributed by atoms with Crippen LogP contribution in [0.3, 0.4) is 0 Å². The standard InChI is InChI=1S/C10H18O3/c1-7(2)10(12)8(3)5-6-9(11)13-4/h5-8,10,12H,1-4H3/b6-5+/t8-,10+/m0/s1. The number of carbonyl (C=O) groups is 1. The first-order valence-electron chi connectivity index (χ1n) is 4.43. The highest BCUT2D eigenvalue weighted by atomic mass is 16.5. The van der Waals surface area contributed by atoms with Crippen molar-refractivity contribution in [3.63, 3.8) is 0 Å². The third-order valence-corrected chi connectivity index (χ3v) is 1.96. The summed E-state index contributed by atoms with van der Waals surface area (Å²) in [7, 11) is 1.33. The molecule has 0 rings (SSSR count). The van der Waals surface area contributed by atoms with E-state index in [0.717, 1.165) is 0 Å². The Labute approximate surface area is 79.4 Å². The molecular formula is C10H18O3. The lowest BCUT2D eigenvalue weighted by atomic mass is 9.95. The minimum absolute atomic E-state index is 0.0286. The van der Waals surface area contributed by atoms with Crippen LogP contribution in [0, 0.1) is 11.8 Å². The molecule has 0 fully saturated rings. The average Bonchev–Trinajstić information content (AvgIpc) is 2.11. The highest BCUT2D eigenvalue weighted by Gasteiger charge is 2.15. The third-order valence-electron chi connectivity index (χ3n) is 1.96. The van der Waals surface area contributed by atoms with Crippen LogP contribution >= 0.6 is 0 Å². The van der Waals surface area contributed by atoms with E-state index >= 15 is 0 Å². The van der Waals surface area contributed by atoms with E-state index in [1.807, 2.05) is 20.8 Å². The van der Waals surface area contributed by atoms with Gasteiger partial charge in [-0.1, -0.05) is 26.8 Å². The Morgan fingerprint density at radius 3 is 2.31 bits per heavy atom. The summed E-state index contributed by atoms with van der Waals surface area (Å²) in [6, 6.07) is 0. The zero-order valence-electron chi connectivity index (χ0n) is 8.65. The molecule has 0 spiro atoms. The summed E-state index contributed by atoms with van der Waals surface area (Å²) in [5, 5.41) is 9.58. The molecule has 0 aliphatic rings. The van der Waals surface area contributed by atoms with Crippen molar-refractivity contribution in [2.75, 3.05) is 7.11 Å². The molecule has 0 unspecified atom stereocenters. The van der Waals surface area contributed by atoms with Gasteiger partial charge >= 0.3 is 5.97 Å². The monoisotopic (exact) mass is 186 g/mol. The fraction of sp³-hybridized carbons (Fsp3) is 0.700. The van der Waals surface area contributed by atoms with Gasteiger partial charge in [0.15, 0.2) is 0 Å². The molecule has 3 heteroatoms. The second-order valence-corrected chi connectivity index (χ2v) is 3.48. The van der Waals surface area contributed by atoms with Crippen molar-refractivity contribution in [1.29, 1.82) is 0 Å². The summed E-state index contributed by atoms with van der Waals surface area (Å²) in [4.78, 5) is 10.7. The normalized spacial score (nSPS) is 16.2. The zero-order valence-corrected chi connectivity index (χ0v) is 8.65. The quantitative estimate of drug-likeness (QED) is 0.533. The molecule has 0 saturated heterocycles. The predicted molar refractivity (Wildman–Crippen MR) is 51.2 cm³/mol. The summed E-state index contributed by atoms with van der Waals surface area (Å²) in [6.45, 7) is 5.74. The van der Waals surface area contributed by atoms with Crippen molar-refractivity contribution < 1.29 is 14.6 Å². The van der Waals surface area contributed by atoms with Gasteiger partial charge in [-0.3, -0.25) is 0 Å². The van der Waals surface area contributed by atoms with Gasteiger partial charge in [0, 0.05) is 12.0 Å². The van der Waals surface area contributed by atoms with Crippen molar-refractivity contribution in [2.45, 2.75) is 26.9 Å². The largest absolute Gasteiger partial charge is 0.466 e. The minimum Gasteiger partial charge on any atom is -0.466 e. The Bertz CT molecular complexity index is 185. The van der Waals surface area contributed by atoms with Gasteiger partial charge in [-0.2, -0.15) is 0 Å². The van der Waals surface area contributed by atoms with Gasteiger partial charge in [0.05, 0.1) is 13.2 Å². The molecule has 0 aliphatic heterocycles. The van der Waals surface area contributed by atoms with Gasteiger partial charge in [-0.15, -0.1) is 0 Å². The molecule has 1 N–H and O–H groups in total. The summed E-state index contributed by atoms with van der Waals surface area (Å²) in [5.74, 6) is -0.223. The van der Waals surface area contributed by atoms with E-state index < -0.39 is 6.10 Å². The number of carbonyl (C=O) groups excluding carboxylic acids is 1. The fourth-order valence-electron chi connectivity index (χ4n) is 1.02. The summed E-state index contributed by atoms with van der Waals surface area (Å²) < 4.78 is 4.43. The van der Waals surface area contributed by atoms with Gasteiger partial charge in [-0.05, 0) is 5.92 Å². The topological polar surface area (TPSA) is 46.5 Å². The number of esters is 1. The molecule has 0 aromatic rings. The summed E-state index contributed by atoms with van der Waals surface area (Å²) in [5.41, 5.74) is 0. The van der Waals surface area contributed by atoms with Gasteiger partial charge in [-0.25, -0.2) is 4.79 Å². The van der Waals surface area contributed by atoms with Gasteiger partial charge in [0.25, 0.3) is 0 Å². The van der Waals surface area contributed by atoms with E-state index in [9.17, 15) is 9.90 Å². The van der Waals surface area contributed by atoms with E-state index in [1.165, 1.54) is 13.2 Å². The summed E-state index contributed by atoms with van der Waals surface area (Å²) >= 11 is 0. The van der Waals surface area contributed by atoms with Crippen molar-refractivity contribution in [2.24, 2.45) is 11.8 Å². The molecule has 0 saturated carbocycles. The lowest BCUT2D eigenvalue weighted by molar-refractivity contribution is -0.134. The van der Waals surface area contributed by atoms with E-state index in [4.69, 9.17) is 0 Å². The fourth-order valence-corrected chi connectivity index (χ4v) is 1.02. The lowest BCUT2D eigenvalue weighted by Crippen LogP contribution is -2.22. The molecule has 0 amide bonds. The van der Waals surface area contributed by atoms with Crippen molar-refractivity contribution in [1.82, 2.24) is 0 Å². The lowest BCUT2D eigenvalue weighted by Gasteiger charge is -2.18. The second kappa shape index (κ2) is 5.75. The number of hydrogen-bond donors (Lipinski definition) is 1. The van der Waals surface area contributed by atoms with Crippen LogP contribution < -0.4 is 0 Å². The molecule has 0 bridgehead atoms. The van der Waals surface area contributed by atoms with Gasteiger partial charge in [0.2, 0.25) is 0 Å². The first-order valence-corrected chi connectivity index (χ1v) is 4.43. The zero-order chi connectivity index (χ0) is 10.4. The first-order chi connectivity index (χ1) is 5.99. The highest BCUT2D eigenvalue weighted by molar-refractivity contribution is 5.81. The number of ether oxygens (including phenoxy) is 1. The van der Waals surface area contributed by atoms with Crippen LogP contribution in [-0.4, -0.2) is 24.3 Å². The van der Waals surface area contributed by atoms with Gasteiger partial charge in [0.1, 0.15) is 0 Å². The van der Waals surface area contributed by atoms with Crippen LogP contribution in [0.4, 0.5) is 0 Å². The molecule has 2 atom stereocenters. The maximum absolute atomic E-state index is 10.7. The van der Waals surface area contributed by atoms with Crippen LogP contribution in [0.5, 0.6) is 0 Å². The predicted octanol–water partition coefficient (Wildman–Crippen LogP) is 1.37. The molecule has 13 heavy (non-hydrogen) atoms. The minimum atomic E-state index is -0.416. The number of hydrogen-bond acceptors (Lipinski definition) is 3. The van der Waals surface area contributed by atoms with Crippen molar-refractivity contribution in [3.05, 3.63) is 12.2 Å². The Hall–Kier alpha value is -0.830. The Morgan fingerprint density at radius 2 is 1.92 bits per heavy atom. The van der Waals surface area contributed by atoms with Crippen LogP contribution in [-0.2, 0) is 9.53 Å². The molecular weight excluding hydrogens is 168 g/mol. The Morgan fingerprint density at radius 1 is 1.38 bits per heavy atom. The molecule has 0 aromatic carbocycles. The molecule has 0 heterocycles. The molecule has 0 aromatic heterocycles. The average molecular weight is 186 g/mol. The maximum atomic E-state index is 10.7. The van der Waals surface area contributed by atoms with Crippen LogP contribution in [0.25, 0.3) is 0 Å². The summed E-state index contributed by atoms with van der Waals surface area (Å²) in [6.07, 6.45) is 2.59.